The predicted octanol–water partition coefficient (Wildman–Crippen LogP) is 2.03. The third-order valence-corrected chi connectivity index (χ3v) is 6.28. The number of ether oxygens (including phenoxy) is 1. The second-order valence-corrected chi connectivity index (χ2v) is 8.60. The molecule has 2 aliphatic rings. The fourth-order valence-electron chi connectivity index (χ4n) is 4.36. The third-order valence-electron chi connectivity index (χ3n) is 6.28. The van der Waals surface area contributed by atoms with Crippen molar-refractivity contribution in [3.63, 3.8) is 0 Å². The molecule has 2 aromatic rings. The van der Waals surface area contributed by atoms with Crippen LogP contribution in [-0.4, -0.2) is 66.1 Å². The van der Waals surface area contributed by atoms with Crippen LogP contribution in [-0.2, 0) is 16.0 Å². The van der Waals surface area contributed by atoms with Gasteiger partial charge in [0.05, 0.1) is 24.5 Å². The number of H-pyrrole nitrogens is 1. The van der Waals surface area contributed by atoms with E-state index in [9.17, 15) is 14.4 Å². The highest BCUT2D eigenvalue weighted by Crippen LogP contribution is 2.24. The first-order valence-corrected chi connectivity index (χ1v) is 11.6. The van der Waals surface area contributed by atoms with Gasteiger partial charge in [-0.25, -0.2) is 4.98 Å². The number of benzene rings is 1. The SMILES string of the molecule is Cc1cccc(C(=O)N2CCCC2)c1NC(=O)CCc1c(C)nc(N2CCOCC2)[nH]c1=O. The molecule has 176 valence electrons. The number of para-hydroxylation sites is 1. The Morgan fingerprint density at radius 3 is 2.55 bits per heavy atom. The second kappa shape index (κ2) is 10.2. The smallest absolute Gasteiger partial charge is 0.255 e. The van der Waals surface area contributed by atoms with Crippen molar-refractivity contribution in [1.29, 1.82) is 0 Å². The van der Waals surface area contributed by atoms with E-state index in [0.29, 0.717) is 54.8 Å². The van der Waals surface area contributed by atoms with Crippen molar-refractivity contribution in [3.05, 3.63) is 50.9 Å². The van der Waals surface area contributed by atoms with Crippen LogP contribution in [0, 0.1) is 13.8 Å². The summed E-state index contributed by atoms with van der Waals surface area (Å²) in [5, 5.41) is 2.91. The lowest BCUT2D eigenvalue weighted by Gasteiger charge is -2.27. The van der Waals surface area contributed by atoms with Gasteiger partial charge in [0.1, 0.15) is 0 Å². The van der Waals surface area contributed by atoms with Gasteiger partial charge >= 0.3 is 0 Å². The van der Waals surface area contributed by atoms with Gasteiger partial charge in [0.15, 0.2) is 0 Å². The van der Waals surface area contributed by atoms with E-state index in [-0.39, 0.29) is 30.2 Å². The van der Waals surface area contributed by atoms with Gasteiger partial charge in [-0.1, -0.05) is 12.1 Å². The molecular formula is C24H31N5O4. The number of carbonyl (C=O) groups is 2. The molecule has 3 heterocycles. The minimum absolute atomic E-state index is 0.0540. The van der Waals surface area contributed by atoms with E-state index in [2.05, 4.69) is 15.3 Å². The molecular weight excluding hydrogens is 422 g/mol. The first kappa shape index (κ1) is 23.0. The highest BCUT2D eigenvalue weighted by molar-refractivity contribution is 6.04. The summed E-state index contributed by atoms with van der Waals surface area (Å²) in [6.45, 7) is 7.72. The zero-order chi connectivity index (χ0) is 23.4. The van der Waals surface area contributed by atoms with E-state index in [1.54, 1.807) is 13.0 Å². The lowest BCUT2D eigenvalue weighted by atomic mass is 10.1. The van der Waals surface area contributed by atoms with Crippen LogP contribution in [0.1, 0.15) is 46.4 Å². The van der Waals surface area contributed by atoms with Gasteiger partial charge in [0, 0.05) is 43.9 Å². The van der Waals surface area contributed by atoms with Crippen molar-refractivity contribution in [3.8, 4) is 0 Å². The van der Waals surface area contributed by atoms with Gasteiger partial charge in [-0.05, 0) is 44.7 Å². The maximum atomic E-state index is 12.9. The van der Waals surface area contributed by atoms with Crippen LogP contribution in [0.4, 0.5) is 11.6 Å². The summed E-state index contributed by atoms with van der Waals surface area (Å²) in [6, 6.07) is 5.46. The number of morpholine rings is 1. The first-order chi connectivity index (χ1) is 15.9. The zero-order valence-corrected chi connectivity index (χ0v) is 19.3. The fourth-order valence-corrected chi connectivity index (χ4v) is 4.36. The molecule has 0 bridgehead atoms. The molecule has 33 heavy (non-hydrogen) atoms. The highest BCUT2D eigenvalue weighted by atomic mass is 16.5. The van der Waals surface area contributed by atoms with E-state index in [4.69, 9.17) is 4.74 Å². The molecule has 0 saturated carbocycles. The van der Waals surface area contributed by atoms with Crippen LogP contribution in [0.2, 0.25) is 0 Å². The van der Waals surface area contributed by atoms with Gasteiger partial charge in [-0.2, -0.15) is 0 Å². The number of aryl methyl sites for hydroxylation is 2. The molecule has 2 saturated heterocycles. The molecule has 0 spiro atoms. The zero-order valence-electron chi connectivity index (χ0n) is 19.3. The Labute approximate surface area is 193 Å². The largest absolute Gasteiger partial charge is 0.378 e. The fraction of sp³-hybridized carbons (Fsp3) is 0.500. The van der Waals surface area contributed by atoms with Crippen LogP contribution in [0.25, 0.3) is 0 Å². The third kappa shape index (κ3) is 5.24. The maximum absolute atomic E-state index is 12.9. The van der Waals surface area contributed by atoms with E-state index >= 15 is 0 Å². The second-order valence-electron chi connectivity index (χ2n) is 8.60. The maximum Gasteiger partial charge on any atom is 0.255 e. The number of likely N-dealkylation sites (tertiary alicyclic amines) is 1. The lowest BCUT2D eigenvalue weighted by Crippen LogP contribution is -2.38. The number of hydrogen-bond donors (Lipinski definition) is 2. The van der Waals surface area contributed by atoms with E-state index < -0.39 is 0 Å². The molecule has 0 atom stereocenters. The van der Waals surface area contributed by atoms with Crippen molar-refractivity contribution in [2.24, 2.45) is 0 Å². The molecule has 0 aliphatic carbocycles. The minimum Gasteiger partial charge on any atom is -0.378 e. The first-order valence-electron chi connectivity index (χ1n) is 11.6. The Morgan fingerprint density at radius 1 is 1.12 bits per heavy atom. The number of anilines is 2. The predicted molar refractivity (Wildman–Crippen MR) is 126 cm³/mol. The molecule has 2 N–H and O–H groups in total. The van der Waals surface area contributed by atoms with Gasteiger partial charge in [-0.15, -0.1) is 0 Å². The summed E-state index contributed by atoms with van der Waals surface area (Å²) < 4.78 is 5.35. The molecule has 1 aromatic carbocycles. The number of nitrogens with one attached hydrogen (secondary N) is 2. The van der Waals surface area contributed by atoms with Crippen molar-refractivity contribution in [1.82, 2.24) is 14.9 Å². The topological polar surface area (TPSA) is 108 Å². The number of aromatic nitrogens is 2. The Balaban J connectivity index is 1.44. The van der Waals surface area contributed by atoms with E-state index in [0.717, 1.165) is 31.5 Å². The summed E-state index contributed by atoms with van der Waals surface area (Å²) in [6.07, 6.45) is 2.40. The van der Waals surface area contributed by atoms with E-state index in [1.165, 1.54) is 0 Å². The van der Waals surface area contributed by atoms with Crippen molar-refractivity contribution >= 4 is 23.5 Å². The summed E-state index contributed by atoms with van der Waals surface area (Å²) >= 11 is 0. The Kier molecular flexibility index (Phi) is 7.08. The summed E-state index contributed by atoms with van der Waals surface area (Å²) in [5.41, 5.74) is 2.78. The highest BCUT2D eigenvalue weighted by Gasteiger charge is 2.23. The lowest BCUT2D eigenvalue weighted by molar-refractivity contribution is -0.116. The molecule has 2 fully saturated rings. The Bertz CT molecular complexity index is 1080. The van der Waals surface area contributed by atoms with Gasteiger partial charge in [0.25, 0.3) is 11.5 Å². The number of nitrogens with zero attached hydrogens (tertiary/aromatic N) is 3. The van der Waals surface area contributed by atoms with Gasteiger partial charge in [0.2, 0.25) is 11.9 Å². The molecule has 2 aliphatic heterocycles. The van der Waals surface area contributed by atoms with Crippen molar-refractivity contribution < 1.29 is 14.3 Å². The van der Waals surface area contributed by atoms with Crippen LogP contribution in [0.5, 0.6) is 0 Å². The molecule has 9 heteroatoms. The van der Waals surface area contributed by atoms with Gasteiger partial charge in [-0.3, -0.25) is 19.4 Å². The molecule has 9 nitrogen and oxygen atoms in total. The Hall–Kier alpha value is -3.20. The van der Waals surface area contributed by atoms with Crippen LogP contribution in [0.15, 0.2) is 23.0 Å². The monoisotopic (exact) mass is 453 g/mol. The molecule has 0 radical (unpaired) electrons. The number of aromatic amines is 1. The number of carbonyl (C=O) groups excluding carboxylic acids is 2. The van der Waals surface area contributed by atoms with Crippen LogP contribution in [0.3, 0.4) is 0 Å². The van der Waals surface area contributed by atoms with Gasteiger partial charge < -0.3 is 19.9 Å². The molecule has 0 unspecified atom stereocenters. The molecule has 4 rings (SSSR count). The van der Waals surface area contributed by atoms with E-state index in [1.807, 2.05) is 28.9 Å². The molecule has 2 amide bonds. The quantitative estimate of drug-likeness (QED) is 0.693. The minimum atomic E-state index is -0.240. The average Bonchev–Trinajstić information content (AvgIpc) is 3.35. The Morgan fingerprint density at radius 2 is 1.85 bits per heavy atom. The summed E-state index contributed by atoms with van der Waals surface area (Å²) in [7, 11) is 0. The van der Waals surface area contributed by atoms with Crippen LogP contribution < -0.4 is 15.8 Å². The summed E-state index contributed by atoms with van der Waals surface area (Å²) in [4.78, 5) is 49.6. The number of amides is 2. The van der Waals surface area contributed by atoms with Crippen molar-refractivity contribution in [2.45, 2.75) is 39.5 Å². The summed E-state index contributed by atoms with van der Waals surface area (Å²) in [5.74, 6) is 0.247. The molecule has 1 aromatic heterocycles. The van der Waals surface area contributed by atoms with Crippen molar-refractivity contribution in [2.75, 3.05) is 49.6 Å². The normalized spacial score (nSPS) is 16.2. The number of hydrogen-bond acceptors (Lipinski definition) is 6. The standard InChI is InChI=1S/C24H31N5O4/c1-16-6-5-7-19(23(32)28-10-3-4-11-28)21(16)26-20(30)9-8-18-17(2)25-24(27-22(18)31)29-12-14-33-15-13-29/h5-7H,3-4,8-15H2,1-2H3,(H,26,30)(H,25,27,31). The number of rotatable bonds is 6. The van der Waals surface area contributed by atoms with Crippen LogP contribution >= 0.6 is 0 Å². The average molecular weight is 454 g/mol.